The fraction of sp³-hybridized carbons (Fsp3) is 1.00. The second kappa shape index (κ2) is 5.28. The topological polar surface area (TPSA) is 24.5 Å². The molecule has 0 radical (unpaired) electrons. The fourth-order valence-corrected chi connectivity index (χ4v) is 2.87. The van der Waals surface area contributed by atoms with Gasteiger partial charge in [-0.2, -0.15) is 0 Å². The van der Waals surface area contributed by atoms with Crippen molar-refractivity contribution in [1.82, 2.24) is 10.2 Å². The molecule has 3 atom stereocenters. The molecule has 3 unspecified atom stereocenters. The van der Waals surface area contributed by atoms with Crippen LogP contribution in [0.4, 0.5) is 0 Å². The molecule has 0 saturated carbocycles. The molecule has 3 nitrogen and oxygen atoms in total. The van der Waals surface area contributed by atoms with Gasteiger partial charge in [0.05, 0.1) is 6.61 Å². The maximum absolute atomic E-state index is 5.22. The maximum atomic E-state index is 5.22. The lowest BCUT2D eigenvalue weighted by Crippen LogP contribution is -2.39. The number of hydrogen-bond donors (Lipinski definition) is 1. The fourth-order valence-electron chi connectivity index (χ4n) is 2.87. The molecule has 0 spiro atoms. The highest BCUT2D eigenvalue weighted by atomic mass is 16.5. The van der Waals surface area contributed by atoms with Crippen LogP contribution in [0.15, 0.2) is 0 Å². The summed E-state index contributed by atoms with van der Waals surface area (Å²) in [6.07, 6.45) is 2.66. The monoisotopic (exact) mass is 212 g/mol. The molecular formula is C12H24N2O. The average Bonchev–Trinajstić information content (AvgIpc) is 2.79. The molecule has 2 fully saturated rings. The van der Waals surface area contributed by atoms with Crippen LogP contribution < -0.4 is 5.32 Å². The molecule has 0 aromatic rings. The van der Waals surface area contributed by atoms with Gasteiger partial charge in [-0.3, -0.25) is 0 Å². The standard InChI is InChI=1S/C12H24N2O/c1-10-3-5-13-12(10)8-14-6-4-11(7-14)9-15-2/h10-13H,3-9H2,1-2H3. The Morgan fingerprint density at radius 2 is 2.27 bits per heavy atom. The third kappa shape index (κ3) is 2.92. The van der Waals surface area contributed by atoms with Crippen molar-refractivity contribution in [2.24, 2.45) is 11.8 Å². The Morgan fingerprint density at radius 3 is 2.93 bits per heavy atom. The van der Waals surface area contributed by atoms with Crippen molar-refractivity contribution in [3.63, 3.8) is 0 Å². The van der Waals surface area contributed by atoms with Gasteiger partial charge in [0.15, 0.2) is 0 Å². The number of methoxy groups -OCH3 is 1. The van der Waals surface area contributed by atoms with Gasteiger partial charge in [-0.1, -0.05) is 6.92 Å². The molecule has 2 aliphatic heterocycles. The molecule has 0 bridgehead atoms. The minimum Gasteiger partial charge on any atom is -0.384 e. The molecule has 3 heteroatoms. The quantitative estimate of drug-likeness (QED) is 0.751. The highest BCUT2D eigenvalue weighted by Crippen LogP contribution is 2.20. The van der Waals surface area contributed by atoms with E-state index in [2.05, 4.69) is 17.1 Å². The van der Waals surface area contributed by atoms with E-state index in [9.17, 15) is 0 Å². The average molecular weight is 212 g/mol. The summed E-state index contributed by atoms with van der Waals surface area (Å²) in [5.41, 5.74) is 0. The Bertz CT molecular complexity index is 198. The molecule has 88 valence electrons. The molecular weight excluding hydrogens is 188 g/mol. The van der Waals surface area contributed by atoms with E-state index in [0.29, 0.717) is 0 Å². The van der Waals surface area contributed by atoms with E-state index < -0.39 is 0 Å². The lowest BCUT2D eigenvalue weighted by atomic mass is 10.0. The van der Waals surface area contributed by atoms with Gasteiger partial charge in [0.1, 0.15) is 0 Å². The number of ether oxygens (including phenoxy) is 1. The smallest absolute Gasteiger partial charge is 0.0503 e. The molecule has 2 heterocycles. The van der Waals surface area contributed by atoms with E-state index in [0.717, 1.165) is 24.5 Å². The summed E-state index contributed by atoms with van der Waals surface area (Å²) in [6, 6.07) is 0.728. The highest BCUT2D eigenvalue weighted by molar-refractivity contribution is 4.86. The molecule has 15 heavy (non-hydrogen) atoms. The van der Waals surface area contributed by atoms with Crippen molar-refractivity contribution in [3.8, 4) is 0 Å². The van der Waals surface area contributed by atoms with Crippen molar-refractivity contribution >= 4 is 0 Å². The second-order valence-corrected chi connectivity index (χ2v) is 5.20. The highest BCUT2D eigenvalue weighted by Gasteiger charge is 2.28. The number of nitrogens with zero attached hydrogens (tertiary/aromatic N) is 1. The lowest BCUT2D eigenvalue weighted by Gasteiger charge is -2.23. The van der Waals surface area contributed by atoms with Gasteiger partial charge < -0.3 is 15.0 Å². The van der Waals surface area contributed by atoms with Crippen LogP contribution in [0.5, 0.6) is 0 Å². The molecule has 2 saturated heterocycles. The normalized spacial score (nSPS) is 37.6. The van der Waals surface area contributed by atoms with Crippen LogP contribution in [-0.4, -0.2) is 50.8 Å². The van der Waals surface area contributed by atoms with Gasteiger partial charge in [0, 0.05) is 26.2 Å². The third-order valence-corrected chi connectivity index (χ3v) is 3.92. The summed E-state index contributed by atoms with van der Waals surface area (Å²) in [7, 11) is 1.81. The third-order valence-electron chi connectivity index (χ3n) is 3.92. The van der Waals surface area contributed by atoms with Gasteiger partial charge in [-0.15, -0.1) is 0 Å². The minimum atomic E-state index is 0.728. The van der Waals surface area contributed by atoms with E-state index >= 15 is 0 Å². The number of rotatable bonds is 4. The number of nitrogens with one attached hydrogen (secondary N) is 1. The first-order valence-corrected chi connectivity index (χ1v) is 6.24. The Morgan fingerprint density at radius 1 is 1.40 bits per heavy atom. The van der Waals surface area contributed by atoms with Crippen molar-refractivity contribution in [1.29, 1.82) is 0 Å². The predicted molar refractivity (Wildman–Crippen MR) is 62.0 cm³/mol. The predicted octanol–water partition coefficient (Wildman–Crippen LogP) is 0.953. The van der Waals surface area contributed by atoms with Gasteiger partial charge in [-0.25, -0.2) is 0 Å². The van der Waals surface area contributed by atoms with Crippen LogP contribution in [0, 0.1) is 11.8 Å². The molecule has 0 aromatic heterocycles. The summed E-state index contributed by atoms with van der Waals surface area (Å²) in [5, 5.41) is 3.61. The molecule has 0 amide bonds. The Kier molecular flexibility index (Phi) is 4.00. The molecule has 0 aromatic carbocycles. The molecule has 2 rings (SSSR count). The first-order valence-electron chi connectivity index (χ1n) is 6.24. The van der Waals surface area contributed by atoms with E-state index in [4.69, 9.17) is 4.74 Å². The SMILES string of the molecule is COCC1CCN(CC2NCCC2C)C1. The van der Waals surface area contributed by atoms with Gasteiger partial charge in [0.2, 0.25) is 0 Å². The van der Waals surface area contributed by atoms with E-state index in [1.165, 1.54) is 39.0 Å². The Hall–Kier alpha value is -0.120. The van der Waals surface area contributed by atoms with E-state index in [1.807, 2.05) is 7.11 Å². The Labute approximate surface area is 93.2 Å². The minimum absolute atomic E-state index is 0.728. The van der Waals surface area contributed by atoms with Crippen LogP contribution in [0.2, 0.25) is 0 Å². The van der Waals surface area contributed by atoms with Gasteiger partial charge in [-0.05, 0) is 37.8 Å². The largest absolute Gasteiger partial charge is 0.384 e. The number of likely N-dealkylation sites (tertiary alicyclic amines) is 1. The summed E-state index contributed by atoms with van der Waals surface area (Å²) >= 11 is 0. The summed E-state index contributed by atoms with van der Waals surface area (Å²) in [4.78, 5) is 2.60. The Balaban J connectivity index is 1.72. The zero-order valence-electron chi connectivity index (χ0n) is 10.0. The van der Waals surface area contributed by atoms with Crippen molar-refractivity contribution < 1.29 is 4.74 Å². The van der Waals surface area contributed by atoms with Crippen LogP contribution in [0.25, 0.3) is 0 Å². The van der Waals surface area contributed by atoms with E-state index in [1.54, 1.807) is 0 Å². The van der Waals surface area contributed by atoms with Crippen molar-refractivity contribution in [2.75, 3.05) is 39.9 Å². The summed E-state index contributed by atoms with van der Waals surface area (Å²) in [6.45, 7) is 8.25. The van der Waals surface area contributed by atoms with Crippen LogP contribution in [-0.2, 0) is 4.74 Å². The first-order chi connectivity index (χ1) is 7.29. The van der Waals surface area contributed by atoms with Crippen LogP contribution >= 0.6 is 0 Å². The maximum Gasteiger partial charge on any atom is 0.0503 e. The zero-order valence-corrected chi connectivity index (χ0v) is 10.0. The van der Waals surface area contributed by atoms with E-state index in [-0.39, 0.29) is 0 Å². The van der Waals surface area contributed by atoms with Crippen LogP contribution in [0.3, 0.4) is 0 Å². The first kappa shape index (κ1) is 11.4. The molecule has 0 aliphatic carbocycles. The molecule has 2 aliphatic rings. The molecule has 1 N–H and O–H groups in total. The van der Waals surface area contributed by atoms with Gasteiger partial charge >= 0.3 is 0 Å². The van der Waals surface area contributed by atoms with Crippen molar-refractivity contribution in [2.45, 2.75) is 25.8 Å². The lowest BCUT2D eigenvalue weighted by molar-refractivity contribution is 0.151. The van der Waals surface area contributed by atoms with Crippen molar-refractivity contribution in [3.05, 3.63) is 0 Å². The zero-order chi connectivity index (χ0) is 10.7. The summed E-state index contributed by atoms with van der Waals surface area (Å²) in [5.74, 6) is 1.62. The second-order valence-electron chi connectivity index (χ2n) is 5.20. The summed E-state index contributed by atoms with van der Waals surface area (Å²) < 4.78 is 5.22. The van der Waals surface area contributed by atoms with Crippen LogP contribution in [0.1, 0.15) is 19.8 Å². The number of hydrogen-bond acceptors (Lipinski definition) is 3. The van der Waals surface area contributed by atoms with Gasteiger partial charge in [0.25, 0.3) is 0 Å².